The summed E-state index contributed by atoms with van der Waals surface area (Å²) in [5.41, 5.74) is 3.51. The maximum absolute atomic E-state index is 11.8. The Morgan fingerprint density at radius 1 is 0.929 bits per heavy atom. The fraction of sp³-hybridized carbons (Fsp3) is 0.667. The highest BCUT2D eigenvalue weighted by Gasteiger charge is 2.00. The Morgan fingerprint density at radius 3 is 2.07 bits per heavy atom. The van der Waals surface area contributed by atoms with E-state index in [1.54, 1.807) is 13.3 Å². The Hall–Kier alpha value is -1.84. The molecule has 1 N–H and O–H groups in total. The molecule has 0 aliphatic carbocycles. The minimum absolute atomic E-state index is 0.0118. The highest BCUT2D eigenvalue weighted by atomic mass is 16.5. The second kappa shape index (κ2) is 17.3. The highest BCUT2D eigenvalue weighted by Crippen LogP contribution is 2.13. The smallest absolute Gasteiger partial charge is 0.240 e. The van der Waals surface area contributed by atoms with Gasteiger partial charge in [-0.15, -0.1) is 0 Å². The summed E-state index contributed by atoms with van der Waals surface area (Å²) in [7, 11) is 1.63. The molecule has 1 aromatic rings. The molecule has 1 aromatic carbocycles. The van der Waals surface area contributed by atoms with Crippen LogP contribution in [-0.2, 0) is 4.79 Å². The van der Waals surface area contributed by atoms with E-state index in [-0.39, 0.29) is 5.91 Å². The van der Waals surface area contributed by atoms with E-state index in [2.05, 4.69) is 17.5 Å². The van der Waals surface area contributed by atoms with Crippen molar-refractivity contribution in [3.8, 4) is 5.75 Å². The first kappa shape index (κ1) is 24.2. The molecule has 0 aliphatic rings. The number of nitrogens with zero attached hydrogens (tertiary/aromatic N) is 1. The average molecular weight is 389 g/mol. The molecule has 158 valence electrons. The summed E-state index contributed by atoms with van der Waals surface area (Å²) in [6.45, 7) is 2.27. The van der Waals surface area contributed by atoms with Gasteiger partial charge in [-0.05, 0) is 24.1 Å². The Labute approximate surface area is 172 Å². The Kier molecular flexibility index (Phi) is 14.9. The third-order valence-corrected chi connectivity index (χ3v) is 5.00. The van der Waals surface area contributed by atoms with Crippen molar-refractivity contribution in [3.05, 3.63) is 29.8 Å². The lowest BCUT2D eigenvalue weighted by molar-refractivity contribution is -0.121. The van der Waals surface area contributed by atoms with Crippen LogP contribution in [0.3, 0.4) is 0 Å². The van der Waals surface area contributed by atoms with Crippen molar-refractivity contribution in [1.82, 2.24) is 5.43 Å². The Morgan fingerprint density at radius 2 is 1.50 bits per heavy atom. The van der Waals surface area contributed by atoms with E-state index in [4.69, 9.17) is 4.74 Å². The SMILES string of the molecule is CCCCCCCCCCCCCCCC(=O)N/N=C\c1cccc(OC)c1. The molecule has 1 amide bonds. The first-order valence-corrected chi connectivity index (χ1v) is 11.2. The first-order chi connectivity index (χ1) is 13.8. The molecule has 0 radical (unpaired) electrons. The van der Waals surface area contributed by atoms with Gasteiger partial charge in [0.2, 0.25) is 5.91 Å². The minimum atomic E-state index is -0.0118. The van der Waals surface area contributed by atoms with Crippen molar-refractivity contribution < 1.29 is 9.53 Å². The molecule has 0 heterocycles. The van der Waals surface area contributed by atoms with Gasteiger partial charge in [-0.25, -0.2) is 5.43 Å². The van der Waals surface area contributed by atoms with Crippen molar-refractivity contribution in [2.45, 2.75) is 96.8 Å². The number of benzene rings is 1. The zero-order valence-corrected chi connectivity index (χ0v) is 18.0. The Bertz CT molecular complexity index is 543. The van der Waals surface area contributed by atoms with Gasteiger partial charge in [-0.2, -0.15) is 5.10 Å². The first-order valence-electron chi connectivity index (χ1n) is 11.2. The number of ether oxygens (including phenoxy) is 1. The van der Waals surface area contributed by atoms with Gasteiger partial charge in [0.15, 0.2) is 0 Å². The van der Waals surface area contributed by atoms with Crippen LogP contribution in [0.25, 0.3) is 0 Å². The molecule has 0 aliphatic heterocycles. The van der Waals surface area contributed by atoms with Crippen molar-refractivity contribution in [2.24, 2.45) is 5.10 Å². The van der Waals surface area contributed by atoms with E-state index in [1.165, 1.54) is 70.6 Å². The maximum Gasteiger partial charge on any atom is 0.240 e. The lowest BCUT2D eigenvalue weighted by atomic mass is 10.0. The summed E-state index contributed by atoms with van der Waals surface area (Å²) in [5.74, 6) is 0.768. The van der Waals surface area contributed by atoms with Gasteiger partial charge in [0.05, 0.1) is 13.3 Å². The number of rotatable bonds is 17. The van der Waals surface area contributed by atoms with Crippen LogP contribution < -0.4 is 10.2 Å². The molecular formula is C24H40N2O2. The summed E-state index contributed by atoms with van der Waals surface area (Å²) in [4.78, 5) is 11.8. The van der Waals surface area contributed by atoms with Crippen molar-refractivity contribution >= 4 is 12.1 Å². The number of carbonyl (C=O) groups excluding carboxylic acids is 1. The summed E-state index contributed by atoms with van der Waals surface area (Å²) in [5, 5.41) is 4.02. The molecule has 0 fully saturated rings. The van der Waals surface area contributed by atoms with Crippen LogP contribution in [-0.4, -0.2) is 19.2 Å². The molecule has 28 heavy (non-hydrogen) atoms. The number of methoxy groups -OCH3 is 1. The van der Waals surface area contributed by atoms with Gasteiger partial charge in [0.25, 0.3) is 0 Å². The van der Waals surface area contributed by atoms with Gasteiger partial charge < -0.3 is 4.74 Å². The Balaban J connectivity index is 1.92. The zero-order valence-electron chi connectivity index (χ0n) is 18.0. The standard InChI is InChI=1S/C24H40N2O2/c1-3-4-5-6-7-8-9-10-11-12-13-14-15-19-24(27)26-25-21-22-17-16-18-23(20-22)28-2/h16-18,20-21H,3-15,19H2,1-2H3,(H,26,27)/b25-21-. The highest BCUT2D eigenvalue weighted by molar-refractivity contribution is 5.82. The lowest BCUT2D eigenvalue weighted by Crippen LogP contribution is -2.16. The third-order valence-electron chi connectivity index (χ3n) is 5.00. The summed E-state index contributed by atoms with van der Waals surface area (Å²) in [6.07, 6.45) is 19.3. The quantitative estimate of drug-likeness (QED) is 0.185. The van der Waals surface area contributed by atoms with Gasteiger partial charge in [0.1, 0.15) is 5.75 Å². The molecule has 0 saturated heterocycles. The average Bonchev–Trinajstić information content (AvgIpc) is 2.71. The molecule has 0 saturated carbocycles. The van der Waals surface area contributed by atoms with E-state index < -0.39 is 0 Å². The lowest BCUT2D eigenvalue weighted by Gasteiger charge is -2.03. The van der Waals surface area contributed by atoms with Crippen molar-refractivity contribution in [2.75, 3.05) is 7.11 Å². The van der Waals surface area contributed by atoms with Crippen molar-refractivity contribution in [1.29, 1.82) is 0 Å². The fourth-order valence-electron chi connectivity index (χ4n) is 3.26. The van der Waals surface area contributed by atoms with Crippen molar-refractivity contribution in [3.63, 3.8) is 0 Å². The predicted octanol–water partition coefficient (Wildman–Crippen LogP) is 6.63. The second-order valence-corrected chi connectivity index (χ2v) is 7.56. The van der Waals surface area contributed by atoms with E-state index >= 15 is 0 Å². The number of amides is 1. The fourth-order valence-corrected chi connectivity index (χ4v) is 3.26. The number of hydrazone groups is 1. The molecule has 0 atom stereocenters. The van der Waals surface area contributed by atoms with Crippen LogP contribution in [0.5, 0.6) is 5.75 Å². The van der Waals surface area contributed by atoms with Crippen LogP contribution >= 0.6 is 0 Å². The number of nitrogens with one attached hydrogen (secondary N) is 1. The van der Waals surface area contributed by atoms with E-state index in [9.17, 15) is 4.79 Å². The van der Waals surface area contributed by atoms with Gasteiger partial charge >= 0.3 is 0 Å². The third kappa shape index (κ3) is 13.3. The summed E-state index contributed by atoms with van der Waals surface area (Å²) in [6, 6.07) is 7.58. The van der Waals surface area contributed by atoms with Gasteiger partial charge in [-0.1, -0.05) is 96.1 Å². The van der Waals surface area contributed by atoms with Crippen LogP contribution in [0, 0.1) is 0 Å². The molecule has 1 rings (SSSR count). The summed E-state index contributed by atoms with van der Waals surface area (Å²) < 4.78 is 5.16. The monoisotopic (exact) mass is 388 g/mol. The number of hydrogen-bond acceptors (Lipinski definition) is 3. The molecule has 4 heteroatoms. The number of hydrogen-bond donors (Lipinski definition) is 1. The topological polar surface area (TPSA) is 50.7 Å². The maximum atomic E-state index is 11.8. The molecule has 0 unspecified atom stereocenters. The number of carbonyl (C=O) groups is 1. The van der Waals surface area contributed by atoms with E-state index in [0.717, 1.165) is 24.2 Å². The number of unbranched alkanes of at least 4 members (excludes halogenated alkanes) is 12. The van der Waals surface area contributed by atoms with Gasteiger partial charge in [0, 0.05) is 6.42 Å². The molecular weight excluding hydrogens is 348 g/mol. The van der Waals surface area contributed by atoms with E-state index in [0.29, 0.717) is 6.42 Å². The summed E-state index contributed by atoms with van der Waals surface area (Å²) >= 11 is 0. The predicted molar refractivity (Wildman–Crippen MR) is 119 cm³/mol. The second-order valence-electron chi connectivity index (χ2n) is 7.56. The molecule has 4 nitrogen and oxygen atoms in total. The molecule has 0 aromatic heterocycles. The van der Waals surface area contributed by atoms with Crippen LogP contribution in [0.4, 0.5) is 0 Å². The molecule has 0 bridgehead atoms. The van der Waals surface area contributed by atoms with Gasteiger partial charge in [-0.3, -0.25) is 4.79 Å². The van der Waals surface area contributed by atoms with E-state index in [1.807, 2.05) is 24.3 Å². The molecule has 0 spiro atoms. The largest absolute Gasteiger partial charge is 0.497 e. The van der Waals surface area contributed by atoms with Crippen LogP contribution in [0.2, 0.25) is 0 Å². The normalized spacial score (nSPS) is 11.1. The zero-order chi connectivity index (χ0) is 20.3. The van der Waals surface area contributed by atoms with Crippen LogP contribution in [0.15, 0.2) is 29.4 Å². The van der Waals surface area contributed by atoms with Crippen LogP contribution in [0.1, 0.15) is 102 Å². The minimum Gasteiger partial charge on any atom is -0.497 e.